The van der Waals surface area contributed by atoms with Gasteiger partial charge in [-0.2, -0.15) is 0 Å². The molecule has 0 saturated heterocycles. The van der Waals surface area contributed by atoms with E-state index in [1.807, 2.05) is 0 Å². The highest BCUT2D eigenvalue weighted by Gasteiger charge is 2.12. The molecule has 1 heterocycles. The van der Waals surface area contributed by atoms with Crippen LogP contribution in [0, 0.1) is 0 Å². The van der Waals surface area contributed by atoms with Crippen molar-refractivity contribution in [1.29, 1.82) is 0 Å². The summed E-state index contributed by atoms with van der Waals surface area (Å²) in [7, 11) is 0. The van der Waals surface area contributed by atoms with E-state index in [4.69, 9.17) is 10.5 Å². The van der Waals surface area contributed by atoms with Gasteiger partial charge in [0, 0.05) is 12.4 Å². The maximum Gasteiger partial charge on any atom is 0.338 e. The third-order valence-electron chi connectivity index (χ3n) is 2.59. The third-order valence-corrected chi connectivity index (χ3v) is 2.59. The van der Waals surface area contributed by atoms with Gasteiger partial charge >= 0.3 is 5.97 Å². The lowest BCUT2D eigenvalue weighted by atomic mass is 10.1. The van der Waals surface area contributed by atoms with Crippen LogP contribution in [0.15, 0.2) is 36.7 Å². The number of imidazole rings is 1. The second-order valence-corrected chi connectivity index (χ2v) is 3.79. The van der Waals surface area contributed by atoms with Gasteiger partial charge in [0.2, 0.25) is 0 Å². The Morgan fingerprint density at radius 3 is 2.72 bits per heavy atom. The number of aromatic amines is 1. The Morgan fingerprint density at radius 2 is 2.17 bits per heavy atom. The standard InChI is InChI=1S/C13H15N3O2/c1-2-18-13(17)10-5-3-9(4-6-10)11(14)12-15-7-8-16-12/h3-8,11H,2,14H2,1H3,(H,15,16). The number of esters is 1. The summed E-state index contributed by atoms with van der Waals surface area (Å²) in [5.74, 6) is 0.370. The van der Waals surface area contributed by atoms with Crippen LogP contribution in [0.25, 0.3) is 0 Å². The molecule has 5 nitrogen and oxygen atoms in total. The van der Waals surface area contributed by atoms with Gasteiger partial charge in [-0.25, -0.2) is 9.78 Å². The minimum absolute atomic E-state index is 0.323. The smallest absolute Gasteiger partial charge is 0.338 e. The van der Waals surface area contributed by atoms with Crippen molar-refractivity contribution >= 4 is 5.97 Å². The normalized spacial score (nSPS) is 12.1. The Morgan fingerprint density at radius 1 is 1.44 bits per heavy atom. The molecule has 0 aliphatic carbocycles. The highest BCUT2D eigenvalue weighted by molar-refractivity contribution is 5.89. The van der Waals surface area contributed by atoms with Crippen molar-refractivity contribution in [2.24, 2.45) is 5.73 Å². The van der Waals surface area contributed by atoms with E-state index in [2.05, 4.69) is 9.97 Å². The van der Waals surface area contributed by atoms with E-state index < -0.39 is 0 Å². The molecule has 1 aromatic carbocycles. The summed E-state index contributed by atoms with van der Waals surface area (Å²) < 4.78 is 4.91. The average molecular weight is 245 g/mol. The van der Waals surface area contributed by atoms with Crippen molar-refractivity contribution in [3.63, 3.8) is 0 Å². The Hall–Kier alpha value is -2.14. The van der Waals surface area contributed by atoms with Crippen LogP contribution in [0.5, 0.6) is 0 Å². The molecule has 94 valence electrons. The van der Waals surface area contributed by atoms with Crippen LogP contribution in [0.1, 0.15) is 34.7 Å². The van der Waals surface area contributed by atoms with Crippen LogP contribution in [0.4, 0.5) is 0 Å². The summed E-state index contributed by atoms with van der Waals surface area (Å²) in [5.41, 5.74) is 7.44. The summed E-state index contributed by atoms with van der Waals surface area (Å²) in [6, 6.07) is 6.70. The van der Waals surface area contributed by atoms with Gasteiger partial charge in [0.1, 0.15) is 5.82 Å². The van der Waals surface area contributed by atoms with Crippen molar-refractivity contribution in [3.8, 4) is 0 Å². The van der Waals surface area contributed by atoms with Gasteiger partial charge in [0.15, 0.2) is 0 Å². The van der Waals surface area contributed by atoms with Gasteiger partial charge in [0.05, 0.1) is 18.2 Å². The number of hydrogen-bond acceptors (Lipinski definition) is 4. The van der Waals surface area contributed by atoms with E-state index in [1.165, 1.54) is 0 Å². The molecule has 1 atom stereocenters. The topological polar surface area (TPSA) is 81.0 Å². The Bertz CT molecular complexity index is 506. The van der Waals surface area contributed by atoms with E-state index in [0.717, 1.165) is 5.56 Å². The molecule has 1 unspecified atom stereocenters. The first-order valence-electron chi connectivity index (χ1n) is 5.74. The monoisotopic (exact) mass is 245 g/mol. The highest BCUT2D eigenvalue weighted by Crippen LogP contribution is 2.16. The van der Waals surface area contributed by atoms with E-state index in [-0.39, 0.29) is 12.0 Å². The lowest BCUT2D eigenvalue weighted by molar-refractivity contribution is 0.0526. The first kappa shape index (κ1) is 12.3. The molecule has 0 saturated carbocycles. The maximum atomic E-state index is 11.5. The van der Waals surface area contributed by atoms with Crippen molar-refractivity contribution in [3.05, 3.63) is 53.6 Å². The number of nitrogens with zero attached hydrogens (tertiary/aromatic N) is 1. The second-order valence-electron chi connectivity index (χ2n) is 3.79. The fraction of sp³-hybridized carbons (Fsp3) is 0.231. The molecule has 0 radical (unpaired) electrons. The van der Waals surface area contributed by atoms with Crippen LogP contribution in [-0.4, -0.2) is 22.5 Å². The van der Waals surface area contributed by atoms with Crippen LogP contribution >= 0.6 is 0 Å². The molecule has 0 amide bonds. The number of H-pyrrole nitrogens is 1. The van der Waals surface area contributed by atoms with Gasteiger partial charge in [-0.05, 0) is 24.6 Å². The Balaban J connectivity index is 2.15. The van der Waals surface area contributed by atoms with Gasteiger partial charge in [-0.1, -0.05) is 12.1 Å². The van der Waals surface area contributed by atoms with E-state index in [0.29, 0.717) is 18.0 Å². The number of rotatable bonds is 4. The fourth-order valence-electron chi connectivity index (χ4n) is 1.65. The third kappa shape index (κ3) is 2.57. The maximum absolute atomic E-state index is 11.5. The molecule has 2 rings (SSSR count). The zero-order chi connectivity index (χ0) is 13.0. The van der Waals surface area contributed by atoms with Crippen LogP contribution < -0.4 is 5.73 Å². The number of aromatic nitrogens is 2. The molecule has 5 heteroatoms. The predicted octanol–water partition coefficient (Wildman–Crippen LogP) is 1.63. The molecule has 18 heavy (non-hydrogen) atoms. The predicted molar refractivity (Wildman–Crippen MR) is 67.0 cm³/mol. The van der Waals surface area contributed by atoms with Crippen molar-refractivity contribution in [2.45, 2.75) is 13.0 Å². The summed E-state index contributed by atoms with van der Waals surface area (Å²) in [4.78, 5) is 18.6. The Labute approximate surface area is 105 Å². The van der Waals surface area contributed by atoms with Crippen LogP contribution in [0.2, 0.25) is 0 Å². The lowest BCUT2D eigenvalue weighted by Crippen LogP contribution is -2.14. The molecule has 3 N–H and O–H groups in total. The number of ether oxygens (including phenoxy) is 1. The molecule has 1 aromatic heterocycles. The summed E-state index contributed by atoms with van der Waals surface area (Å²) in [6.45, 7) is 2.14. The van der Waals surface area contributed by atoms with Gasteiger partial charge < -0.3 is 15.5 Å². The molecule has 0 aliphatic heterocycles. The van der Waals surface area contributed by atoms with E-state index >= 15 is 0 Å². The summed E-state index contributed by atoms with van der Waals surface area (Å²) in [5, 5.41) is 0. The fourth-order valence-corrected chi connectivity index (χ4v) is 1.65. The van der Waals surface area contributed by atoms with E-state index in [1.54, 1.807) is 43.6 Å². The Kier molecular flexibility index (Phi) is 3.74. The van der Waals surface area contributed by atoms with Gasteiger partial charge in [-0.3, -0.25) is 0 Å². The minimum atomic E-state index is -0.323. The molecule has 0 fully saturated rings. The van der Waals surface area contributed by atoms with Crippen LogP contribution in [0.3, 0.4) is 0 Å². The molecule has 2 aromatic rings. The van der Waals surface area contributed by atoms with Gasteiger partial charge in [0.25, 0.3) is 0 Å². The van der Waals surface area contributed by atoms with E-state index in [9.17, 15) is 4.79 Å². The molecular formula is C13H15N3O2. The molecule has 0 spiro atoms. The van der Waals surface area contributed by atoms with Gasteiger partial charge in [-0.15, -0.1) is 0 Å². The second kappa shape index (κ2) is 5.46. The number of benzene rings is 1. The summed E-state index contributed by atoms with van der Waals surface area (Å²) in [6.07, 6.45) is 3.38. The number of nitrogens with one attached hydrogen (secondary N) is 1. The first-order chi connectivity index (χ1) is 8.72. The number of hydrogen-bond donors (Lipinski definition) is 2. The number of nitrogens with two attached hydrogens (primary N) is 1. The van der Waals surface area contributed by atoms with Crippen molar-refractivity contribution in [1.82, 2.24) is 9.97 Å². The highest BCUT2D eigenvalue weighted by atomic mass is 16.5. The number of carbonyl (C=O) groups is 1. The summed E-state index contributed by atoms with van der Waals surface area (Å²) >= 11 is 0. The van der Waals surface area contributed by atoms with Crippen molar-refractivity contribution < 1.29 is 9.53 Å². The molecule has 0 bridgehead atoms. The van der Waals surface area contributed by atoms with Crippen LogP contribution in [-0.2, 0) is 4.74 Å². The largest absolute Gasteiger partial charge is 0.462 e. The lowest BCUT2D eigenvalue weighted by Gasteiger charge is -2.09. The molecule has 0 aliphatic rings. The first-order valence-corrected chi connectivity index (χ1v) is 5.74. The average Bonchev–Trinajstić information content (AvgIpc) is 2.92. The molecular weight excluding hydrogens is 230 g/mol. The van der Waals surface area contributed by atoms with Crippen molar-refractivity contribution in [2.75, 3.05) is 6.61 Å². The SMILES string of the molecule is CCOC(=O)c1ccc(C(N)c2ncc[nH]2)cc1. The zero-order valence-electron chi connectivity index (χ0n) is 10.1. The zero-order valence-corrected chi connectivity index (χ0v) is 10.1. The minimum Gasteiger partial charge on any atom is -0.462 e. The number of carbonyl (C=O) groups excluding carboxylic acids is 1. The quantitative estimate of drug-likeness (QED) is 0.802.